The second-order valence-corrected chi connectivity index (χ2v) is 4.61. The Morgan fingerprint density at radius 3 is 3.00 bits per heavy atom. The number of rotatable bonds is 3. The molecule has 0 spiro atoms. The first kappa shape index (κ1) is 11.8. The summed E-state index contributed by atoms with van der Waals surface area (Å²) in [4.78, 5) is 19.9. The maximum absolute atomic E-state index is 11.6. The van der Waals surface area contributed by atoms with E-state index in [-0.39, 0.29) is 11.9 Å². The van der Waals surface area contributed by atoms with Crippen LogP contribution in [0.4, 0.5) is 5.82 Å². The molecule has 1 fully saturated rings. The summed E-state index contributed by atoms with van der Waals surface area (Å²) < 4.78 is 0. The molecule has 1 amide bonds. The molecule has 0 aliphatic carbocycles. The lowest BCUT2D eigenvalue weighted by molar-refractivity contribution is -0.123. The van der Waals surface area contributed by atoms with Crippen molar-refractivity contribution in [1.82, 2.24) is 15.3 Å². The zero-order valence-electron chi connectivity index (χ0n) is 10.2. The Bertz CT molecular complexity index is 405. The summed E-state index contributed by atoms with van der Waals surface area (Å²) in [6.07, 6.45) is 3.40. The van der Waals surface area contributed by atoms with Crippen LogP contribution in [0.1, 0.15) is 38.3 Å². The predicted octanol–water partition coefficient (Wildman–Crippen LogP) is 1.29. The van der Waals surface area contributed by atoms with Crippen molar-refractivity contribution in [3.8, 4) is 0 Å². The van der Waals surface area contributed by atoms with E-state index < -0.39 is 0 Å². The number of nitrogens with one attached hydrogen (secondary N) is 2. The third-order valence-electron chi connectivity index (χ3n) is 2.89. The van der Waals surface area contributed by atoms with Gasteiger partial charge in [0.1, 0.15) is 18.2 Å². The van der Waals surface area contributed by atoms with Gasteiger partial charge < -0.3 is 10.6 Å². The van der Waals surface area contributed by atoms with Crippen LogP contribution in [0.2, 0.25) is 0 Å². The molecule has 1 atom stereocenters. The molecule has 5 nitrogen and oxygen atoms in total. The van der Waals surface area contributed by atoms with Crippen LogP contribution in [0.5, 0.6) is 0 Å². The molecule has 1 aliphatic rings. The van der Waals surface area contributed by atoms with E-state index in [9.17, 15) is 4.79 Å². The molecule has 1 aromatic heterocycles. The Balaban J connectivity index is 2.07. The normalized spacial score (nSPS) is 20.2. The molecule has 2 heterocycles. The maximum atomic E-state index is 11.6. The topological polar surface area (TPSA) is 66.9 Å². The SMILES string of the molecule is CC(C)c1cc(NC2CCCNC2=O)ncn1. The smallest absolute Gasteiger partial charge is 0.242 e. The third-order valence-corrected chi connectivity index (χ3v) is 2.89. The Labute approximate surface area is 101 Å². The van der Waals surface area contributed by atoms with Crippen molar-refractivity contribution in [1.29, 1.82) is 0 Å². The molecule has 0 bridgehead atoms. The molecule has 1 aliphatic heterocycles. The van der Waals surface area contributed by atoms with Gasteiger partial charge in [0.2, 0.25) is 5.91 Å². The van der Waals surface area contributed by atoms with Gasteiger partial charge in [0.15, 0.2) is 0 Å². The molecule has 1 aromatic rings. The van der Waals surface area contributed by atoms with Gasteiger partial charge in [-0.15, -0.1) is 0 Å². The molecule has 92 valence electrons. The first-order chi connectivity index (χ1) is 8.16. The summed E-state index contributed by atoms with van der Waals surface area (Å²) in [6.45, 7) is 4.94. The van der Waals surface area contributed by atoms with Crippen LogP contribution >= 0.6 is 0 Å². The first-order valence-corrected chi connectivity index (χ1v) is 6.03. The van der Waals surface area contributed by atoms with E-state index in [2.05, 4.69) is 34.4 Å². The monoisotopic (exact) mass is 234 g/mol. The van der Waals surface area contributed by atoms with Gasteiger partial charge in [0, 0.05) is 18.3 Å². The summed E-state index contributed by atoms with van der Waals surface area (Å²) in [5.74, 6) is 1.14. The quantitative estimate of drug-likeness (QED) is 0.827. The number of carbonyl (C=O) groups is 1. The van der Waals surface area contributed by atoms with Gasteiger partial charge >= 0.3 is 0 Å². The van der Waals surface area contributed by atoms with E-state index in [1.54, 1.807) is 6.33 Å². The number of hydrogen-bond acceptors (Lipinski definition) is 4. The van der Waals surface area contributed by atoms with E-state index >= 15 is 0 Å². The number of amides is 1. The highest BCUT2D eigenvalue weighted by atomic mass is 16.2. The zero-order chi connectivity index (χ0) is 12.3. The number of hydrogen-bond donors (Lipinski definition) is 2. The van der Waals surface area contributed by atoms with Gasteiger partial charge in [0.05, 0.1) is 0 Å². The first-order valence-electron chi connectivity index (χ1n) is 6.03. The van der Waals surface area contributed by atoms with E-state index in [0.29, 0.717) is 5.92 Å². The number of anilines is 1. The summed E-state index contributed by atoms with van der Waals surface area (Å²) in [5, 5.41) is 6.01. The molecule has 2 rings (SSSR count). The average molecular weight is 234 g/mol. The summed E-state index contributed by atoms with van der Waals surface area (Å²) >= 11 is 0. The molecular formula is C12H18N4O. The standard InChI is InChI=1S/C12H18N4O/c1-8(2)10-6-11(15-7-14-10)16-9-4-3-5-13-12(9)17/h6-9H,3-5H2,1-2H3,(H,13,17)(H,14,15,16). The second-order valence-electron chi connectivity index (χ2n) is 4.61. The molecule has 2 N–H and O–H groups in total. The molecule has 0 saturated carbocycles. The highest BCUT2D eigenvalue weighted by Gasteiger charge is 2.21. The van der Waals surface area contributed by atoms with Gasteiger partial charge in [-0.1, -0.05) is 13.8 Å². The zero-order valence-corrected chi connectivity index (χ0v) is 10.2. The van der Waals surface area contributed by atoms with Crippen LogP contribution in [0, 0.1) is 0 Å². The molecule has 17 heavy (non-hydrogen) atoms. The lowest BCUT2D eigenvalue weighted by Crippen LogP contribution is -2.44. The van der Waals surface area contributed by atoms with Crippen LogP contribution in [0.15, 0.2) is 12.4 Å². The van der Waals surface area contributed by atoms with Crippen molar-refractivity contribution in [3.63, 3.8) is 0 Å². The van der Waals surface area contributed by atoms with Gasteiger partial charge in [-0.25, -0.2) is 9.97 Å². The van der Waals surface area contributed by atoms with Crippen molar-refractivity contribution in [2.45, 2.75) is 38.6 Å². The fourth-order valence-corrected chi connectivity index (χ4v) is 1.86. The van der Waals surface area contributed by atoms with Crippen LogP contribution in [0.3, 0.4) is 0 Å². The van der Waals surface area contributed by atoms with E-state index in [0.717, 1.165) is 30.9 Å². The minimum Gasteiger partial charge on any atom is -0.358 e. The Morgan fingerprint density at radius 2 is 2.29 bits per heavy atom. The summed E-state index contributed by atoms with van der Waals surface area (Å²) in [6, 6.07) is 1.74. The van der Waals surface area contributed by atoms with Crippen LogP contribution in [0.25, 0.3) is 0 Å². The molecule has 0 aromatic carbocycles. The molecule has 0 radical (unpaired) electrons. The molecular weight excluding hydrogens is 216 g/mol. The number of carbonyl (C=O) groups excluding carboxylic acids is 1. The molecule has 1 unspecified atom stereocenters. The number of nitrogens with zero attached hydrogens (tertiary/aromatic N) is 2. The second kappa shape index (κ2) is 5.12. The van der Waals surface area contributed by atoms with Crippen molar-refractivity contribution in [3.05, 3.63) is 18.1 Å². The van der Waals surface area contributed by atoms with Crippen LogP contribution < -0.4 is 10.6 Å². The minimum atomic E-state index is -0.168. The fraction of sp³-hybridized carbons (Fsp3) is 0.583. The van der Waals surface area contributed by atoms with E-state index in [4.69, 9.17) is 0 Å². The van der Waals surface area contributed by atoms with Crippen molar-refractivity contribution in [2.75, 3.05) is 11.9 Å². The summed E-state index contributed by atoms with van der Waals surface area (Å²) in [5.41, 5.74) is 0.985. The lowest BCUT2D eigenvalue weighted by atomic mass is 10.1. The van der Waals surface area contributed by atoms with Gasteiger partial charge in [-0.3, -0.25) is 4.79 Å². The number of piperidine rings is 1. The van der Waals surface area contributed by atoms with Crippen LogP contribution in [-0.4, -0.2) is 28.5 Å². The minimum absolute atomic E-state index is 0.0564. The Kier molecular flexibility index (Phi) is 3.56. The Morgan fingerprint density at radius 1 is 1.47 bits per heavy atom. The van der Waals surface area contributed by atoms with Gasteiger partial charge in [-0.2, -0.15) is 0 Å². The molecule has 1 saturated heterocycles. The largest absolute Gasteiger partial charge is 0.358 e. The molecule has 5 heteroatoms. The highest BCUT2D eigenvalue weighted by molar-refractivity contribution is 5.84. The van der Waals surface area contributed by atoms with E-state index in [1.165, 1.54) is 0 Å². The van der Waals surface area contributed by atoms with Crippen molar-refractivity contribution < 1.29 is 4.79 Å². The van der Waals surface area contributed by atoms with Crippen molar-refractivity contribution >= 4 is 11.7 Å². The number of aromatic nitrogens is 2. The Hall–Kier alpha value is -1.65. The van der Waals surface area contributed by atoms with E-state index in [1.807, 2.05) is 6.07 Å². The fourth-order valence-electron chi connectivity index (χ4n) is 1.86. The van der Waals surface area contributed by atoms with Gasteiger partial charge in [0.25, 0.3) is 0 Å². The predicted molar refractivity (Wildman–Crippen MR) is 65.8 cm³/mol. The average Bonchev–Trinajstić information content (AvgIpc) is 2.32. The highest BCUT2D eigenvalue weighted by Crippen LogP contribution is 2.16. The summed E-state index contributed by atoms with van der Waals surface area (Å²) in [7, 11) is 0. The van der Waals surface area contributed by atoms with Crippen LogP contribution in [-0.2, 0) is 4.79 Å². The van der Waals surface area contributed by atoms with Crippen molar-refractivity contribution in [2.24, 2.45) is 0 Å². The maximum Gasteiger partial charge on any atom is 0.242 e. The third kappa shape index (κ3) is 2.93. The lowest BCUT2D eigenvalue weighted by Gasteiger charge is -2.23. The van der Waals surface area contributed by atoms with Gasteiger partial charge in [-0.05, 0) is 18.8 Å².